The van der Waals surface area contributed by atoms with Crippen molar-refractivity contribution < 1.29 is 20.1 Å². The van der Waals surface area contributed by atoms with E-state index in [4.69, 9.17) is 25.2 Å². The molecule has 2 rings (SSSR count). The van der Waals surface area contributed by atoms with Gasteiger partial charge in [0.05, 0.1) is 13.2 Å². The summed E-state index contributed by atoms with van der Waals surface area (Å²) < 4.78 is 5.71. The first-order valence-corrected chi connectivity index (χ1v) is 6.30. The Morgan fingerprint density at radius 1 is 1.00 bits per heavy atom. The van der Waals surface area contributed by atoms with E-state index >= 15 is 0 Å². The van der Waals surface area contributed by atoms with Crippen molar-refractivity contribution in [1.82, 2.24) is 0 Å². The van der Waals surface area contributed by atoms with Gasteiger partial charge in [-0.05, 0) is 11.1 Å². The minimum atomic E-state index is -1.50. The van der Waals surface area contributed by atoms with Gasteiger partial charge in [0.2, 0.25) is 0 Å². The quantitative estimate of drug-likeness (QED) is 0.652. The summed E-state index contributed by atoms with van der Waals surface area (Å²) in [6.07, 6.45) is -0.107. The maximum Gasteiger partial charge on any atom is 0.291 e. The van der Waals surface area contributed by atoms with Crippen LogP contribution in [-0.4, -0.2) is 28.6 Å². The number of rotatable bonds is 5. The van der Waals surface area contributed by atoms with Crippen LogP contribution in [0, 0.1) is 10.1 Å². The van der Waals surface area contributed by atoms with Crippen LogP contribution in [-0.2, 0) is 4.74 Å². The molecular weight excluding hydrogens is 274 g/mol. The summed E-state index contributed by atoms with van der Waals surface area (Å²) in [5.74, 6) is 0. The summed E-state index contributed by atoms with van der Waals surface area (Å²) in [6.45, 7) is 0.380. The fourth-order valence-corrected chi connectivity index (χ4v) is 1.81. The molecule has 0 saturated carbocycles. The Kier molecular flexibility index (Phi) is 7.49. The second-order valence-electron chi connectivity index (χ2n) is 4.03. The molecule has 0 aromatic heterocycles. The molecule has 112 valence electrons. The van der Waals surface area contributed by atoms with E-state index < -0.39 is 5.09 Å². The van der Waals surface area contributed by atoms with Gasteiger partial charge in [0.1, 0.15) is 6.10 Å². The third kappa shape index (κ3) is 6.51. The fraction of sp³-hybridized carbons (Fsp3) is 0.200. The van der Waals surface area contributed by atoms with Gasteiger partial charge in [-0.25, -0.2) is 0 Å². The molecule has 0 saturated heterocycles. The van der Waals surface area contributed by atoms with Gasteiger partial charge in [-0.3, -0.25) is 0 Å². The van der Waals surface area contributed by atoms with Crippen molar-refractivity contribution in [3.8, 4) is 0 Å². The van der Waals surface area contributed by atoms with Crippen LogP contribution in [0.3, 0.4) is 0 Å². The van der Waals surface area contributed by atoms with Crippen molar-refractivity contribution in [3.63, 3.8) is 0 Å². The third-order valence-corrected chi connectivity index (χ3v) is 2.58. The van der Waals surface area contributed by atoms with E-state index in [9.17, 15) is 0 Å². The fourth-order valence-electron chi connectivity index (χ4n) is 1.81. The second-order valence-corrected chi connectivity index (χ2v) is 4.03. The lowest BCUT2D eigenvalue weighted by Crippen LogP contribution is -2.09. The minimum absolute atomic E-state index is 0.0379. The molecule has 0 spiro atoms. The number of nitrogens with zero attached hydrogens (tertiary/aromatic N) is 1. The number of ether oxygens (including phenoxy) is 1. The molecule has 2 aromatic rings. The Balaban J connectivity index is 0.000000491. The zero-order chi connectivity index (χ0) is 15.5. The molecule has 21 heavy (non-hydrogen) atoms. The molecule has 2 N–H and O–H groups in total. The molecule has 0 bridgehead atoms. The third-order valence-electron chi connectivity index (χ3n) is 2.58. The van der Waals surface area contributed by atoms with Gasteiger partial charge in [0, 0.05) is 0 Å². The lowest BCUT2D eigenvalue weighted by Gasteiger charge is -2.18. The molecule has 0 unspecified atom stereocenters. The Hall–Kier alpha value is -2.44. The summed E-state index contributed by atoms with van der Waals surface area (Å²) in [7, 11) is 0. The molecule has 0 heterocycles. The van der Waals surface area contributed by atoms with E-state index in [-0.39, 0.29) is 12.7 Å². The van der Waals surface area contributed by atoms with Crippen LogP contribution in [0.1, 0.15) is 17.2 Å². The normalized spacial score (nSPS) is 9.81. The first-order chi connectivity index (χ1) is 10.1. The van der Waals surface area contributed by atoms with Crippen molar-refractivity contribution in [2.75, 3.05) is 13.2 Å². The molecule has 2 aromatic carbocycles. The van der Waals surface area contributed by atoms with Crippen molar-refractivity contribution >= 4 is 0 Å². The van der Waals surface area contributed by atoms with Crippen molar-refractivity contribution in [2.24, 2.45) is 0 Å². The molecule has 0 fully saturated rings. The van der Waals surface area contributed by atoms with Gasteiger partial charge in [-0.1, -0.05) is 60.7 Å². The van der Waals surface area contributed by atoms with Gasteiger partial charge in [-0.15, -0.1) is 10.1 Å². The van der Waals surface area contributed by atoms with Gasteiger partial charge in [0.25, 0.3) is 5.09 Å². The first-order valence-electron chi connectivity index (χ1n) is 6.30. The average Bonchev–Trinajstić information content (AvgIpc) is 2.49. The first kappa shape index (κ1) is 16.6. The molecule has 0 amide bonds. The van der Waals surface area contributed by atoms with Crippen LogP contribution in [0.15, 0.2) is 60.7 Å². The highest BCUT2D eigenvalue weighted by Gasteiger charge is 2.13. The lowest BCUT2D eigenvalue weighted by atomic mass is 10.0. The maximum atomic E-state index is 8.88. The van der Waals surface area contributed by atoms with E-state index in [2.05, 4.69) is 0 Å². The number of hydrogen-bond acceptors (Lipinski definition) is 4. The summed E-state index contributed by atoms with van der Waals surface area (Å²) in [6, 6.07) is 20.1. The van der Waals surface area contributed by atoms with Crippen LogP contribution in [0.25, 0.3) is 0 Å². The number of benzene rings is 2. The van der Waals surface area contributed by atoms with Gasteiger partial charge in [-0.2, -0.15) is 0 Å². The highest BCUT2D eigenvalue weighted by molar-refractivity contribution is 5.29. The largest absolute Gasteiger partial charge is 0.394 e. The SMILES string of the molecule is O=[N+]([O-])O.OCCOC(c1ccccc1)c1ccccc1. The lowest BCUT2D eigenvalue weighted by molar-refractivity contribution is -0.742. The Bertz CT molecular complexity index is 475. The van der Waals surface area contributed by atoms with Crippen LogP contribution < -0.4 is 0 Å². The van der Waals surface area contributed by atoms with Gasteiger partial charge < -0.3 is 15.1 Å². The Morgan fingerprint density at radius 3 is 1.71 bits per heavy atom. The zero-order valence-corrected chi connectivity index (χ0v) is 11.3. The molecule has 0 atom stereocenters. The molecule has 0 radical (unpaired) electrons. The predicted molar refractivity (Wildman–Crippen MR) is 76.5 cm³/mol. The summed E-state index contributed by atoms with van der Waals surface area (Å²) >= 11 is 0. The highest BCUT2D eigenvalue weighted by Crippen LogP contribution is 2.25. The van der Waals surface area contributed by atoms with Crippen molar-refractivity contribution in [1.29, 1.82) is 0 Å². The van der Waals surface area contributed by atoms with E-state index in [1.165, 1.54) is 0 Å². The molecule has 6 heteroatoms. The molecule has 6 nitrogen and oxygen atoms in total. The number of hydrogen-bond donors (Lipinski definition) is 2. The minimum Gasteiger partial charge on any atom is -0.394 e. The van der Waals surface area contributed by atoms with Crippen molar-refractivity contribution in [3.05, 3.63) is 81.9 Å². The van der Waals surface area contributed by atoms with Crippen LogP contribution in [0.5, 0.6) is 0 Å². The Morgan fingerprint density at radius 2 is 1.38 bits per heavy atom. The summed E-state index contributed by atoms with van der Waals surface area (Å²) in [4.78, 5) is 8.36. The molecule has 0 aliphatic carbocycles. The molecule has 0 aliphatic rings. The highest BCUT2D eigenvalue weighted by atomic mass is 16.9. The number of aliphatic hydroxyl groups excluding tert-OH is 1. The predicted octanol–water partition coefficient (Wildman–Crippen LogP) is 2.44. The second kappa shape index (κ2) is 9.46. The van der Waals surface area contributed by atoms with Gasteiger partial charge in [0.15, 0.2) is 0 Å². The Labute approximate surface area is 122 Å². The van der Waals surface area contributed by atoms with Crippen LogP contribution in [0.2, 0.25) is 0 Å². The smallest absolute Gasteiger partial charge is 0.291 e. The van der Waals surface area contributed by atoms with Crippen LogP contribution in [0.4, 0.5) is 0 Å². The van der Waals surface area contributed by atoms with E-state index in [0.29, 0.717) is 6.61 Å². The average molecular weight is 291 g/mol. The molecule has 0 aliphatic heterocycles. The van der Waals surface area contributed by atoms with E-state index in [0.717, 1.165) is 11.1 Å². The monoisotopic (exact) mass is 291 g/mol. The van der Waals surface area contributed by atoms with E-state index in [1.54, 1.807) is 0 Å². The maximum absolute atomic E-state index is 8.88. The number of aliphatic hydroxyl groups is 1. The standard InChI is InChI=1S/C15H16O2.HNO3/c16-11-12-17-15(13-7-3-1-4-8-13)14-9-5-2-6-10-14;2-1(3)4/h1-10,15-16H,11-12H2;(H,2,3,4). The van der Waals surface area contributed by atoms with Crippen LogP contribution >= 0.6 is 0 Å². The topological polar surface area (TPSA) is 92.8 Å². The molecular formula is C15H17NO5. The summed E-state index contributed by atoms with van der Waals surface area (Å²) in [5, 5.41) is 22.5. The van der Waals surface area contributed by atoms with Crippen molar-refractivity contribution in [2.45, 2.75) is 6.10 Å². The van der Waals surface area contributed by atoms with Gasteiger partial charge >= 0.3 is 0 Å². The van der Waals surface area contributed by atoms with E-state index in [1.807, 2.05) is 60.7 Å². The summed E-state index contributed by atoms with van der Waals surface area (Å²) in [5.41, 5.74) is 2.21. The zero-order valence-electron chi connectivity index (χ0n) is 11.3.